The molecule has 4 unspecified atom stereocenters. The quantitative estimate of drug-likeness (QED) is 0.647. The fraction of sp³-hybridized carbons (Fsp3) is 0.429. The summed E-state index contributed by atoms with van der Waals surface area (Å²) in [7, 11) is 0. The van der Waals surface area contributed by atoms with E-state index in [1.54, 1.807) is 0 Å². The molecule has 0 heterocycles. The van der Waals surface area contributed by atoms with E-state index in [0.717, 1.165) is 5.57 Å². The fourth-order valence-electron chi connectivity index (χ4n) is 2.56. The largest absolute Gasteiger partial charge is 0.402 e. The minimum atomic E-state index is -0.796. The van der Waals surface area contributed by atoms with Crippen molar-refractivity contribution in [3.63, 3.8) is 0 Å². The van der Waals surface area contributed by atoms with Crippen molar-refractivity contribution in [2.24, 2.45) is 17.1 Å². The maximum absolute atomic E-state index is 10.1. The van der Waals surface area contributed by atoms with Crippen molar-refractivity contribution < 1.29 is 10.2 Å². The third kappa shape index (κ3) is 2.35. The average Bonchev–Trinajstić information content (AvgIpc) is 2.26. The monoisotopic (exact) mass is 235 g/mol. The van der Waals surface area contributed by atoms with Crippen molar-refractivity contribution in [1.82, 2.24) is 0 Å². The van der Waals surface area contributed by atoms with Crippen LogP contribution in [0.3, 0.4) is 0 Å². The van der Waals surface area contributed by atoms with Crippen LogP contribution in [0.1, 0.15) is 13.8 Å². The van der Waals surface area contributed by atoms with Crippen LogP contribution in [-0.2, 0) is 0 Å². The van der Waals surface area contributed by atoms with Crippen LogP contribution in [0.4, 0.5) is 0 Å². The highest BCUT2D eigenvalue weighted by molar-refractivity contribution is 5.35. The van der Waals surface area contributed by atoms with Crippen LogP contribution < -0.4 is 5.73 Å². The van der Waals surface area contributed by atoms with Gasteiger partial charge in [0.2, 0.25) is 0 Å². The van der Waals surface area contributed by atoms with Gasteiger partial charge in [-0.2, -0.15) is 0 Å². The van der Waals surface area contributed by atoms with Crippen LogP contribution >= 0.6 is 0 Å². The molecule has 1 rings (SSSR count). The molecule has 0 amide bonds. The van der Waals surface area contributed by atoms with Crippen molar-refractivity contribution in [1.29, 1.82) is 0 Å². The highest BCUT2D eigenvalue weighted by Crippen LogP contribution is 2.43. The van der Waals surface area contributed by atoms with E-state index in [4.69, 9.17) is 5.73 Å². The first-order valence-corrected chi connectivity index (χ1v) is 5.64. The molecule has 0 aliphatic heterocycles. The van der Waals surface area contributed by atoms with E-state index in [1.807, 2.05) is 26.0 Å². The zero-order valence-electron chi connectivity index (χ0n) is 10.4. The number of aliphatic hydroxyl groups excluding tert-OH is 2. The smallest absolute Gasteiger partial charge is 0.0814 e. The third-order valence-corrected chi connectivity index (χ3v) is 3.41. The van der Waals surface area contributed by atoms with Gasteiger partial charge in [-0.1, -0.05) is 30.7 Å². The van der Waals surface area contributed by atoms with Gasteiger partial charge in [0.25, 0.3) is 0 Å². The number of nitrogens with two attached hydrogens (primary N) is 1. The van der Waals surface area contributed by atoms with E-state index in [9.17, 15) is 10.2 Å². The highest BCUT2D eigenvalue weighted by Gasteiger charge is 2.43. The van der Waals surface area contributed by atoms with Gasteiger partial charge in [0.15, 0.2) is 0 Å². The maximum Gasteiger partial charge on any atom is 0.0814 e. The van der Waals surface area contributed by atoms with Crippen LogP contribution in [-0.4, -0.2) is 22.4 Å². The molecule has 0 spiro atoms. The molecule has 3 heteroatoms. The molecule has 0 saturated heterocycles. The molecule has 1 aliphatic carbocycles. The van der Waals surface area contributed by atoms with Crippen molar-refractivity contribution in [3.05, 3.63) is 48.7 Å². The zero-order valence-corrected chi connectivity index (χ0v) is 10.4. The molecule has 0 aromatic heterocycles. The van der Waals surface area contributed by atoms with Crippen molar-refractivity contribution in [3.8, 4) is 0 Å². The van der Waals surface area contributed by atoms with Crippen LogP contribution in [0.5, 0.6) is 0 Å². The molecule has 0 aromatic carbocycles. The summed E-state index contributed by atoms with van der Waals surface area (Å²) in [6.45, 7) is 11.0. The zero-order chi connectivity index (χ0) is 13.2. The second-order valence-electron chi connectivity index (χ2n) is 4.78. The standard InChI is InChI=1S/C14H21NO2/c1-5-11(16)13-10(15)7-9(3)8-14(13,4)12(17)6-2/h5-8,11-13,16-17H,1-2,15H2,3-4H3. The van der Waals surface area contributed by atoms with Crippen molar-refractivity contribution in [2.75, 3.05) is 0 Å². The number of hydrogen-bond donors (Lipinski definition) is 3. The Morgan fingerprint density at radius 3 is 2.47 bits per heavy atom. The molecule has 0 aromatic rings. The summed E-state index contributed by atoms with van der Waals surface area (Å²) in [4.78, 5) is 0. The summed E-state index contributed by atoms with van der Waals surface area (Å²) in [5.74, 6) is -0.392. The first-order chi connectivity index (χ1) is 7.86. The van der Waals surface area contributed by atoms with Gasteiger partial charge in [0.1, 0.15) is 0 Å². The average molecular weight is 235 g/mol. The molecule has 4 N–H and O–H groups in total. The Bertz CT molecular complexity index is 384. The van der Waals surface area contributed by atoms with E-state index in [2.05, 4.69) is 13.2 Å². The predicted octanol–water partition coefficient (Wildman–Crippen LogP) is 1.51. The lowest BCUT2D eigenvalue weighted by atomic mass is 9.65. The molecule has 94 valence electrons. The lowest BCUT2D eigenvalue weighted by Crippen LogP contribution is -2.46. The molecule has 1 aliphatic rings. The lowest BCUT2D eigenvalue weighted by Gasteiger charge is -2.42. The minimum absolute atomic E-state index is 0.392. The van der Waals surface area contributed by atoms with Gasteiger partial charge in [-0.25, -0.2) is 0 Å². The molecule has 0 bridgehead atoms. The highest BCUT2D eigenvalue weighted by atomic mass is 16.3. The van der Waals surface area contributed by atoms with Crippen LogP contribution in [0.15, 0.2) is 48.7 Å². The summed E-state index contributed by atoms with van der Waals surface area (Å²) >= 11 is 0. The molecular formula is C14H21NO2. The number of rotatable bonds is 4. The van der Waals surface area contributed by atoms with Crippen LogP contribution in [0.25, 0.3) is 0 Å². The first-order valence-electron chi connectivity index (χ1n) is 5.64. The maximum atomic E-state index is 10.1. The van der Waals surface area contributed by atoms with E-state index in [0.29, 0.717) is 5.70 Å². The third-order valence-electron chi connectivity index (χ3n) is 3.41. The molecule has 4 atom stereocenters. The van der Waals surface area contributed by atoms with Crippen molar-refractivity contribution in [2.45, 2.75) is 26.1 Å². The van der Waals surface area contributed by atoms with Gasteiger partial charge < -0.3 is 15.9 Å². The number of aliphatic hydroxyl groups is 2. The first kappa shape index (κ1) is 13.7. The Hall–Kier alpha value is -1.32. The topological polar surface area (TPSA) is 66.5 Å². The van der Waals surface area contributed by atoms with Crippen LogP contribution in [0, 0.1) is 11.3 Å². The Labute approximate surface area is 103 Å². The van der Waals surface area contributed by atoms with Gasteiger partial charge in [0.05, 0.1) is 12.2 Å². The Kier molecular flexibility index (Phi) is 3.96. The van der Waals surface area contributed by atoms with Gasteiger partial charge in [-0.15, -0.1) is 13.2 Å². The minimum Gasteiger partial charge on any atom is -0.402 e. The number of allylic oxidation sites excluding steroid dienone is 2. The molecule has 17 heavy (non-hydrogen) atoms. The summed E-state index contributed by atoms with van der Waals surface area (Å²) in [5.41, 5.74) is 6.84. The lowest BCUT2D eigenvalue weighted by molar-refractivity contribution is 0.0243. The second-order valence-corrected chi connectivity index (χ2v) is 4.78. The van der Waals surface area contributed by atoms with E-state index in [1.165, 1.54) is 12.2 Å². The van der Waals surface area contributed by atoms with Crippen LogP contribution in [0.2, 0.25) is 0 Å². The van der Waals surface area contributed by atoms with Gasteiger partial charge in [0, 0.05) is 17.0 Å². The summed E-state index contributed by atoms with van der Waals surface area (Å²) in [5, 5.41) is 20.1. The van der Waals surface area contributed by atoms with Gasteiger partial charge >= 0.3 is 0 Å². The summed E-state index contributed by atoms with van der Waals surface area (Å²) < 4.78 is 0. The van der Waals surface area contributed by atoms with Gasteiger partial charge in [-0.05, 0) is 13.0 Å². The summed E-state index contributed by atoms with van der Waals surface area (Å²) in [6.07, 6.45) is 5.07. The molecule has 3 nitrogen and oxygen atoms in total. The summed E-state index contributed by atoms with van der Waals surface area (Å²) in [6, 6.07) is 0. The molecule has 0 saturated carbocycles. The SMILES string of the molecule is C=CC(O)C1C(N)=CC(C)=CC1(C)C(O)C=C. The Balaban J connectivity index is 3.27. The van der Waals surface area contributed by atoms with E-state index in [-0.39, 0.29) is 0 Å². The molecule has 0 radical (unpaired) electrons. The molecular weight excluding hydrogens is 214 g/mol. The fourth-order valence-corrected chi connectivity index (χ4v) is 2.56. The molecule has 0 fully saturated rings. The number of hydrogen-bond acceptors (Lipinski definition) is 3. The second kappa shape index (κ2) is 4.90. The van der Waals surface area contributed by atoms with E-state index < -0.39 is 23.5 Å². The Morgan fingerprint density at radius 2 is 2.00 bits per heavy atom. The van der Waals surface area contributed by atoms with Gasteiger partial charge in [-0.3, -0.25) is 0 Å². The van der Waals surface area contributed by atoms with Crippen molar-refractivity contribution >= 4 is 0 Å². The normalized spacial score (nSPS) is 32.1. The van der Waals surface area contributed by atoms with E-state index >= 15 is 0 Å². The Morgan fingerprint density at radius 1 is 1.41 bits per heavy atom. The predicted molar refractivity (Wildman–Crippen MR) is 70.0 cm³/mol.